The number of benzene rings is 1. The maximum Gasteiger partial charge on any atom is 0.253 e. The largest absolute Gasteiger partial charge is 0.337 e. The van der Waals surface area contributed by atoms with Gasteiger partial charge >= 0.3 is 0 Å². The Morgan fingerprint density at radius 3 is 2.62 bits per heavy atom. The van der Waals surface area contributed by atoms with E-state index in [0.29, 0.717) is 12.1 Å². The number of nitrogens with zero attached hydrogens (tertiary/aromatic N) is 1. The summed E-state index contributed by atoms with van der Waals surface area (Å²) < 4.78 is 23.3. The predicted octanol–water partition coefficient (Wildman–Crippen LogP) is 3.08. The van der Waals surface area contributed by atoms with Crippen LogP contribution in [0.4, 0.5) is 0 Å². The molecule has 1 amide bonds. The van der Waals surface area contributed by atoms with Crippen molar-refractivity contribution in [1.29, 1.82) is 0 Å². The van der Waals surface area contributed by atoms with Crippen molar-refractivity contribution in [3.63, 3.8) is 0 Å². The highest BCUT2D eigenvalue weighted by molar-refractivity contribution is 7.90. The summed E-state index contributed by atoms with van der Waals surface area (Å²) in [4.78, 5) is 14.9. The fraction of sp³-hybridized carbons (Fsp3) is 0.214. The standard InChI is InChI=1S/C14H14ClNO3S2/c1-16(9-11-4-3-7-20-11)14(17)10-5-6-12(15)13(8-10)21(2,18)19/h3-8H,9H2,1-2H3. The van der Waals surface area contributed by atoms with Gasteiger partial charge in [-0.05, 0) is 29.6 Å². The van der Waals surface area contributed by atoms with Crippen LogP contribution in [-0.4, -0.2) is 32.5 Å². The molecule has 0 aliphatic heterocycles. The Bertz CT molecular complexity index is 755. The lowest BCUT2D eigenvalue weighted by atomic mass is 10.2. The van der Waals surface area contributed by atoms with E-state index in [9.17, 15) is 13.2 Å². The molecule has 0 atom stereocenters. The Labute approximate surface area is 132 Å². The number of hydrogen-bond donors (Lipinski definition) is 0. The summed E-state index contributed by atoms with van der Waals surface area (Å²) in [7, 11) is -1.79. The van der Waals surface area contributed by atoms with E-state index in [1.807, 2.05) is 17.5 Å². The quantitative estimate of drug-likeness (QED) is 0.857. The molecule has 2 aromatic rings. The van der Waals surface area contributed by atoms with Crippen molar-refractivity contribution < 1.29 is 13.2 Å². The molecular weight excluding hydrogens is 330 g/mol. The van der Waals surface area contributed by atoms with Gasteiger partial charge < -0.3 is 4.90 Å². The Morgan fingerprint density at radius 1 is 1.33 bits per heavy atom. The van der Waals surface area contributed by atoms with Gasteiger partial charge in [0.2, 0.25) is 0 Å². The van der Waals surface area contributed by atoms with Gasteiger partial charge in [0.25, 0.3) is 5.91 Å². The molecule has 0 spiro atoms. The van der Waals surface area contributed by atoms with Gasteiger partial charge in [0.15, 0.2) is 9.84 Å². The number of rotatable bonds is 4. The predicted molar refractivity (Wildman–Crippen MR) is 84.7 cm³/mol. The van der Waals surface area contributed by atoms with E-state index < -0.39 is 9.84 Å². The van der Waals surface area contributed by atoms with Crippen LogP contribution in [0.15, 0.2) is 40.6 Å². The smallest absolute Gasteiger partial charge is 0.253 e. The van der Waals surface area contributed by atoms with Crippen LogP contribution < -0.4 is 0 Å². The monoisotopic (exact) mass is 343 g/mol. The molecular formula is C14H14ClNO3S2. The van der Waals surface area contributed by atoms with Crippen LogP contribution in [0.2, 0.25) is 5.02 Å². The van der Waals surface area contributed by atoms with Gasteiger partial charge in [-0.1, -0.05) is 17.7 Å². The second-order valence-corrected chi connectivity index (χ2v) is 8.08. The SMILES string of the molecule is CN(Cc1cccs1)C(=O)c1ccc(Cl)c(S(C)(=O)=O)c1. The number of sulfone groups is 1. The first-order valence-corrected chi connectivity index (χ1v) is 9.21. The van der Waals surface area contributed by atoms with E-state index >= 15 is 0 Å². The van der Waals surface area contributed by atoms with E-state index in [-0.39, 0.29) is 15.8 Å². The third kappa shape index (κ3) is 3.84. The summed E-state index contributed by atoms with van der Waals surface area (Å²) in [6.07, 6.45) is 1.07. The van der Waals surface area contributed by atoms with Gasteiger partial charge in [0.1, 0.15) is 0 Å². The first-order chi connectivity index (χ1) is 9.79. The third-order valence-corrected chi connectivity index (χ3v) is 5.34. The van der Waals surface area contributed by atoms with Crippen molar-refractivity contribution in [3.05, 3.63) is 51.2 Å². The van der Waals surface area contributed by atoms with E-state index in [1.54, 1.807) is 23.3 Å². The number of halogens is 1. The molecule has 21 heavy (non-hydrogen) atoms. The zero-order valence-corrected chi connectivity index (χ0v) is 13.9. The van der Waals surface area contributed by atoms with Crippen molar-refractivity contribution in [2.45, 2.75) is 11.4 Å². The van der Waals surface area contributed by atoms with E-state index in [4.69, 9.17) is 11.6 Å². The molecule has 0 N–H and O–H groups in total. The number of carbonyl (C=O) groups is 1. The second-order valence-electron chi connectivity index (χ2n) is 4.66. The number of hydrogen-bond acceptors (Lipinski definition) is 4. The van der Waals surface area contributed by atoms with Crippen molar-refractivity contribution in [2.24, 2.45) is 0 Å². The molecule has 0 aliphatic carbocycles. The van der Waals surface area contributed by atoms with E-state index in [2.05, 4.69) is 0 Å². The van der Waals surface area contributed by atoms with Gasteiger partial charge in [-0.3, -0.25) is 4.79 Å². The second kappa shape index (κ2) is 6.17. The summed E-state index contributed by atoms with van der Waals surface area (Å²) >= 11 is 7.44. The average Bonchev–Trinajstić information content (AvgIpc) is 2.90. The molecule has 0 fully saturated rings. The minimum atomic E-state index is -3.47. The normalized spacial score (nSPS) is 11.4. The van der Waals surface area contributed by atoms with Crippen molar-refractivity contribution in [3.8, 4) is 0 Å². The summed E-state index contributed by atoms with van der Waals surface area (Å²) in [5.41, 5.74) is 0.305. The Kier molecular flexibility index (Phi) is 4.70. The molecule has 4 nitrogen and oxygen atoms in total. The first-order valence-electron chi connectivity index (χ1n) is 6.06. The van der Waals surface area contributed by atoms with Crippen LogP contribution in [0.1, 0.15) is 15.2 Å². The van der Waals surface area contributed by atoms with E-state index in [0.717, 1.165) is 11.1 Å². The Balaban J connectivity index is 2.27. The summed E-state index contributed by atoms with van der Waals surface area (Å²) in [5.74, 6) is -0.245. The fourth-order valence-corrected chi connectivity index (χ4v) is 3.91. The van der Waals surface area contributed by atoms with Gasteiger partial charge in [0.05, 0.1) is 16.5 Å². The summed E-state index contributed by atoms with van der Waals surface area (Å²) in [6, 6.07) is 8.15. The molecule has 0 unspecified atom stereocenters. The highest BCUT2D eigenvalue weighted by Gasteiger charge is 2.18. The van der Waals surface area contributed by atoms with Crippen molar-refractivity contribution in [2.75, 3.05) is 13.3 Å². The molecule has 1 aromatic carbocycles. The maximum absolute atomic E-state index is 12.4. The van der Waals surface area contributed by atoms with Crippen LogP contribution in [0.5, 0.6) is 0 Å². The van der Waals surface area contributed by atoms with Crippen LogP contribution in [0.3, 0.4) is 0 Å². The zero-order valence-electron chi connectivity index (χ0n) is 11.5. The molecule has 0 bridgehead atoms. The molecule has 0 aliphatic rings. The minimum absolute atomic E-state index is 0.0282. The summed E-state index contributed by atoms with van der Waals surface area (Å²) in [6.45, 7) is 0.479. The zero-order chi connectivity index (χ0) is 15.6. The number of amides is 1. The molecule has 2 rings (SSSR count). The van der Waals surface area contributed by atoms with Crippen LogP contribution in [0.25, 0.3) is 0 Å². The van der Waals surface area contributed by atoms with Crippen LogP contribution in [-0.2, 0) is 16.4 Å². The van der Waals surface area contributed by atoms with Gasteiger partial charge in [0, 0.05) is 23.7 Å². The Morgan fingerprint density at radius 2 is 2.05 bits per heavy atom. The Hall–Kier alpha value is -1.37. The molecule has 112 valence electrons. The van der Waals surface area contributed by atoms with Gasteiger partial charge in [-0.2, -0.15) is 0 Å². The third-order valence-electron chi connectivity index (χ3n) is 2.90. The summed E-state index contributed by atoms with van der Waals surface area (Å²) in [5, 5.41) is 2.06. The lowest BCUT2D eigenvalue weighted by molar-refractivity contribution is 0.0786. The molecule has 1 heterocycles. The molecule has 0 radical (unpaired) electrons. The topological polar surface area (TPSA) is 54.5 Å². The van der Waals surface area contributed by atoms with Gasteiger partial charge in [-0.15, -0.1) is 11.3 Å². The average molecular weight is 344 g/mol. The van der Waals surface area contributed by atoms with Crippen molar-refractivity contribution >= 4 is 38.7 Å². The lowest BCUT2D eigenvalue weighted by Gasteiger charge is -2.17. The van der Waals surface area contributed by atoms with Gasteiger partial charge in [-0.25, -0.2) is 8.42 Å². The highest BCUT2D eigenvalue weighted by atomic mass is 35.5. The number of carbonyl (C=O) groups excluding carboxylic acids is 1. The highest BCUT2D eigenvalue weighted by Crippen LogP contribution is 2.23. The minimum Gasteiger partial charge on any atom is -0.337 e. The molecule has 7 heteroatoms. The lowest BCUT2D eigenvalue weighted by Crippen LogP contribution is -2.26. The fourth-order valence-electron chi connectivity index (χ4n) is 1.85. The van der Waals surface area contributed by atoms with E-state index in [1.165, 1.54) is 18.2 Å². The van der Waals surface area contributed by atoms with Crippen LogP contribution >= 0.6 is 22.9 Å². The maximum atomic E-state index is 12.4. The number of thiophene rings is 1. The van der Waals surface area contributed by atoms with Crippen molar-refractivity contribution in [1.82, 2.24) is 4.90 Å². The molecule has 1 aromatic heterocycles. The van der Waals surface area contributed by atoms with Crippen LogP contribution in [0, 0.1) is 0 Å². The molecule has 0 saturated carbocycles. The first kappa shape index (κ1) is 16.0. The molecule has 0 saturated heterocycles.